The van der Waals surface area contributed by atoms with Crippen molar-refractivity contribution in [2.24, 2.45) is 0 Å². The van der Waals surface area contributed by atoms with Crippen molar-refractivity contribution in [1.29, 1.82) is 0 Å². The van der Waals surface area contributed by atoms with E-state index in [9.17, 15) is 18.0 Å². The van der Waals surface area contributed by atoms with Crippen LogP contribution >= 0.6 is 35.4 Å². The quantitative estimate of drug-likeness (QED) is 0.317. The summed E-state index contributed by atoms with van der Waals surface area (Å²) in [6, 6.07) is 10.1. The van der Waals surface area contributed by atoms with Gasteiger partial charge in [-0.3, -0.25) is 20.2 Å². The van der Waals surface area contributed by atoms with E-state index in [1.807, 2.05) is 0 Å². The summed E-state index contributed by atoms with van der Waals surface area (Å²) in [7, 11) is -4.15. The molecule has 0 bridgehead atoms. The van der Waals surface area contributed by atoms with Crippen LogP contribution in [0.5, 0.6) is 5.75 Å². The second-order valence-electron chi connectivity index (χ2n) is 5.46. The van der Waals surface area contributed by atoms with Crippen molar-refractivity contribution in [2.75, 3.05) is 0 Å². The number of hydrogen-bond acceptors (Lipinski definition) is 6. The maximum absolute atomic E-state index is 12.4. The zero-order chi connectivity index (χ0) is 20.5. The summed E-state index contributed by atoms with van der Waals surface area (Å²) in [6.45, 7) is 0. The molecule has 1 heterocycles. The fourth-order valence-electron chi connectivity index (χ4n) is 2.26. The van der Waals surface area contributed by atoms with Crippen LogP contribution < -0.4 is 14.8 Å². The molecule has 2 N–H and O–H groups in total. The third-order valence-corrected chi connectivity index (χ3v) is 5.50. The number of carbonyl (C=O) groups excluding carboxylic acids is 2. The average molecular weight is 457 g/mol. The zero-order valence-corrected chi connectivity index (χ0v) is 16.9. The minimum Gasteiger partial charge on any atom is -0.376 e. The van der Waals surface area contributed by atoms with Gasteiger partial charge in [0.15, 0.2) is 10.9 Å². The van der Waals surface area contributed by atoms with Crippen LogP contribution in [0.15, 0.2) is 52.9 Å². The van der Waals surface area contributed by atoms with Crippen molar-refractivity contribution < 1.29 is 22.2 Å². The maximum atomic E-state index is 12.4. The van der Waals surface area contributed by atoms with E-state index in [1.54, 1.807) is 18.2 Å². The lowest BCUT2D eigenvalue weighted by Crippen LogP contribution is -2.51. The lowest BCUT2D eigenvalue weighted by atomic mass is 10.1. The predicted octanol–water partition coefficient (Wildman–Crippen LogP) is 2.68. The average Bonchev–Trinajstić information content (AvgIpc) is 2.62. The molecule has 1 fully saturated rings. The van der Waals surface area contributed by atoms with Crippen LogP contribution in [0.2, 0.25) is 10.0 Å². The molecule has 2 amide bonds. The minimum absolute atomic E-state index is 0.0696. The zero-order valence-electron chi connectivity index (χ0n) is 13.7. The highest BCUT2D eigenvalue weighted by atomic mass is 35.5. The molecule has 1 aliphatic heterocycles. The molecule has 0 aromatic heterocycles. The Morgan fingerprint density at radius 3 is 2.04 bits per heavy atom. The van der Waals surface area contributed by atoms with E-state index in [2.05, 4.69) is 10.6 Å². The number of carbonyl (C=O) groups is 2. The van der Waals surface area contributed by atoms with Crippen LogP contribution in [0, 0.1) is 0 Å². The molecule has 0 atom stereocenters. The van der Waals surface area contributed by atoms with E-state index in [1.165, 1.54) is 30.3 Å². The number of amides is 2. The number of nitrogens with one attached hydrogen (secondary N) is 2. The first-order valence-electron chi connectivity index (χ1n) is 7.54. The lowest BCUT2D eigenvalue weighted by Gasteiger charge is -2.16. The van der Waals surface area contributed by atoms with Gasteiger partial charge in [0.25, 0.3) is 11.8 Å². The number of halogens is 2. The van der Waals surface area contributed by atoms with Gasteiger partial charge in [-0.15, -0.1) is 0 Å². The van der Waals surface area contributed by atoms with Gasteiger partial charge in [0.05, 0.1) is 10.0 Å². The van der Waals surface area contributed by atoms with Crippen molar-refractivity contribution >= 4 is 68.5 Å². The second kappa shape index (κ2) is 7.88. The molecule has 0 spiro atoms. The summed E-state index contributed by atoms with van der Waals surface area (Å²) in [6.07, 6.45) is 1.24. The summed E-state index contributed by atoms with van der Waals surface area (Å²) in [4.78, 5) is 23.7. The topological polar surface area (TPSA) is 102 Å². The molecule has 0 radical (unpaired) electrons. The van der Waals surface area contributed by atoms with Gasteiger partial charge < -0.3 is 4.18 Å². The first-order chi connectivity index (χ1) is 13.2. The Hall–Kier alpha value is -2.46. The maximum Gasteiger partial charge on any atom is 0.339 e. The normalized spacial score (nSPS) is 14.4. The Kier molecular flexibility index (Phi) is 5.71. The van der Waals surface area contributed by atoms with Gasteiger partial charge >= 0.3 is 10.1 Å². The Morgan fingerprint density at radius 2 is 1.50 bits per heavy atom. The Balaban J connectivity index is 1.94. The number of benzene rings is 2. The van der Waals surface area contributed by atoms with Crippen molar-refractivity contribution in [3.8, 4) is 5.75 Å². The van der Waals surface area contributed by atoms with Crippen LogP contribution in [-0.2, 0) is 19.7 Å². The van der Waals surface area contributed by atoms with Crippen LogP contribution in [0.3, 0.4) is 0 Å². The largest absolute Gasteiger partial charge is 0.376 e. The van der Waals surface area contributed by atoms with Crippen molar-refractivity contribution in [3.05, 3.63) is 63.6 Å². The van der Waals surface area contributed by atoms with Crippen LogP contribution in [0.1, 0.15) is 5.56 Å². The molecule has 144 valence electrons. The summed E-state index contributed by atoms with van der Waals surface area (Å²) in [5, 5.41) is 4.25. The summed E-state index contributed by atoms with van der Waals surface area (Å²) in [5.74, 6) is -1.64. The summed E-state index contributed by atoms with van der Waals surface area (Å²) in [5.41, 5.74) is 0.0684. The van der Waals surface area contributed by atoms with E-state index in [0.29, 0.717) is 0 Å². The van der Waals surface area contributed by atoms with E-state index in [4.69, 9.17) is 39.6 Å². The molecule has 0 unspecified atom stereocenters. The van der Waals surface area contributed by atoms with E-state index >= 15 is 0 Å². The lowest BCUT2D eigenvalue weighted by molar-refractivity contribution is -0.123. The molecule has 28 heavy (non-hydrogen) atoms. The van der Waals surface area contributed by atoms with E-state index < -0.39 is 21.9 Å². The van der Waals surface area contributed by atoms with Gasteiger partial charge in [0, 0.05) is 0 Å². The molecule has 7 nitrogen and oxygen atoms in total. The second-order valence-corrected chi connectivity index (χ2v) is 8.23. The number of rotatable bonds is 4. The molecule has 3 rings (SSSR count). The van der Waals surface area contributed by atoms with Gasteiger partial charge in [-0.25, -0.2) is 0 Å². The highest BCUT2D eigenvalue weighted by molar-refractivity contribution is 7.87. The monoisotopic (exact) mass is 456 g/mol. The number of thiocarbonyl (C=S) groups is 1. The van der Waals surface area contributed by atoms with Gasteiger partial charge in [0.2, 0.25) is 0 Å². The Bertz CT molecular complexity index is 1090. The first-order valence-corrected chi connectivity index (χ1v) is 10.1. The highest BCUT2D eigenvalue weighted by Crippen LogP contribution is 2.36. The third kappa shape index (κ3) is 4.33. The predicted molar refractivity (Wildman–Crippen MR) is 108 cm³/mol. The molecule has 1 aliphatic rings. The third-order valence-electron chi connectivity index (χ3n) is 3.50. The molecule has 11 heteroatoms. The van der Waals surface area contributed by atoms with Gasteiger partial charge in [-0.2, -0.15) is 8.42 Å². The molecule has 1 saturated heterocycles. The van der Waals surface area contributed by atoms with Crippen molar-refractivity contribution in [2.45, 2.75) is 4.90 Å². The molecule has 2 aromatic carbocycles. The molecule has 2 aromatic rings. The fraction of sp³-hybridized carbons (Fsp3) is 0. The standard InChI is InChI=1S/C17H10Cl2N2O5S2/c18-12-7-9(6-11-15(22)20-17(27)21-16(11)23)8-13(19)14(12)26-28(24,25)10-4-2-1-3-5-10/h1-8H,(H2,20,21,22,23,27). The minimum atomic E-state index is -4.15. The smallest absolute Gasteiger partial charge is 0.339 e. The van der Waals surface area contributed by atoms with E-state index in [0.717, 1.165) is 0 Å². The Morgan fingerprint density at radius 1 is 0.964 bits per heavy atom. The number of hydrogen-bond donors (Lipinski definition) is 2. The summed E-state index contributed by atoms with van der Waals surface area (Å²) < 4.78 is 29.8. The molecular formula is C17H10Cl2N2O5S2. The van der Waals surface area contributed by atoms with Crippen LogP contribution in [0.25, 0.3) is 6.08 Å². The molecule has 0 saturated carbocycles. The Labute approximate surface area is 175 Å². The SMILES string of the molecule is O=C1NC(=S)NC(=O)C1=Cc1cc(Cl)c(OS(=O)(=O)c2ccccc2)c(Cl)c1. The van der Waals surface area contributed by atoms with Crippen molar-refractivity contribution in [3.63, 3.8) is 0 Å². The van der Waals surface area contributed by atoms with Crippen LogP contribution in [0.4, 0.5) is 0 Å². The molecule has 0 aliphatic carbocycles. The van der Waals surface area contributed by atoms with Crippen molar-refractivity contribution in [1.82, 2.24) is 10.6 Å². The van der Waals surface area contributed by atoms with Crippen LogP contribution in [-0.4, -0.2) is 25.3 Å². The first kappa shape index (κ1) is 20.3. The highest BCUT2D eigenvalue weighted by Gasteiger charge is 2.26. The fourth-order valence-corrected chi connectivity index (χ4v) is 4.10. The van der Waals surface area contributed by atoms with Gasteiger partial charge in [0.1, 0.15) is 10.5 Å². The molecular weight excluding hydrogens is 447 g/mol. The van der Waals surface area contributed by atoms with E-state index in [-0.39, 0.29) is 36.9 Å². The summed E-state index contributed by atoms with van der Waals surface area (Å²) >= 11 is 17.0. The van der Waals surface area contributed by atoms with Gasteiger partial charge in [-0.1, -0.05) is 41.4 Å². The van der Waals surface area contributed by atoms with Gasteiger partial charge in [-0.05, 0) is 48.1 Å².